The maximum atomic E-state index is 13.4. The van der Waals surface area contributed by atoms with Gasteiger partial charge in [-0.25, -0.2) is 8.78 Å². The van der Waals surface area contributed by atoms with Crippen molar-refractivity contribution in [2.24, 2.45) is 0 Å². The van der Waals surface area contributed by atoms with Crippen LogP contribution >= 0.6 is 0 Å². The normalized spacial score (nSPS) is 22.2. The highest BCUT2D eigenvalue weighted by atomic mass is 19.1. The Morgan fingerprint density at radius 2 is 2.14 bits per heavy atom. The van der Waals surface area contributed by atoms with Gasteiger partial charge in [0.1, 0.15) is 17.2 Å². The Kier molecular flexibility index (Phi) is 4.22. The van der Waals surface area contributed by atoms with Gasteiger partial charge in [0.15, 0.2) is 0 Å². The largest absolute Gasteiger partial charge is 0.480 e. The van der Waals surface area contributed by atoms with E-state index in [1.54, 1.807) is 6.92 Å². The molecule has 0 saturated carbocycles. The quantitative estimate of drug-likeness (QED) is 0.890. The molecule has 0 spiro atoms. The van der Waals surface area contributed by atoms with E-state index in [4.69, 9.17) is 0 Å². The molecule has 21 heavy (non-hydrogen) atoms. The van der Waals surface area contributed by atoms with Gasteiger partial charge in [-0.1, -0.05) is 0 Å². The van der Waals surface area contributed by atoms with Crippen molar-refractivity contribution in [1.82, 2.24) is 4.90 Å². The van der Waals surface area contributed by atoms with Crippen molar-refractivity contribution >= 4 is 17.6 Å². The van der Waals surface area contributed by atoms with Crippen LogP contribution in [0.1, 0.15) is 19.8 Å². The monoisotopic (exact) mass is 298 g/mol. The molecule has 1 aliphatic rings. The molecule has 1 saturated heterocycles. The summed E-state index contributed by atoms with van der Waals surface area (Å²) in [7, 11) is 0. The summed E-state index contributed by atoms with van der Waals surface area (Å²) in [5, 5.41) is 11.5. The van der Waals surface area contributed by atoms with Crippen molar-refractivity contribution in [1.29, 1.82) is 0 Å². The SMILES string of the molecule is CC1(C(=O)O)CCCN1CC(=O)Nc1cc(F)ccc1F. The lowest BCUT2D eigenvalue weighted by Crippen LogP contribution is -2.50. The van der Waals surface area contributed by atoms with E-state index >= 15 is 0 Å². The molecule has 0 aromatic heterocycles. The number of nitrogens with one attached hydrogen (secondary N) is 1. The molecule has 0 bridgehead atoms. The van der Waals surface area contributed by atoms with Crippen LogP contribution in [0.4, 0.5) is 14.5 Å². The van der Waals surface area contributed by atoms with Crippen molar-refractivity contribution < 1.29 is 23.5 Å². The fourth-order valence-electron chi connectivity index (χ4n) is 2.47. The molecule has 1 aromatic rings. The number of hydrogen-bond donors (Lipinski definition) is 2. The van der Waals surface area contributed by atoms with E-state index in [1.165, 1.54) is 4.90 Å². The molecule has 114 valence electrons. The van der Waals surface area contributed by atoms with E-state index in [1.807, 2.05) is 0 Å². The summed E-state index contributed by atoms with van der Waals surface area (Å²) in [6, 6.07) is 2.75. The van der Waals surface area contributed by atoms with Crippen LogP contribution in [0.15, 0.2) is 18.2 Å². The van der Waals surface area contributed by atoms with Gasteiger partial charge in [-0.3, -0.25) is 14.5 Å². The van der Waals surface area contributed by atoms with Crippen LogP contribution in [0, 0.1) is 11.6 Å². The number of rotatable bonds is 4. The molecule has 2 N–H and O–H groups in total. The van der Waals surface area contributed by atoms with Crippen LogP contribution in [0.25, 0.3) is 0 Å². The molecule has 5 nitrogen and oxygen atoms in total. The van der Waals surface area contributed by atoms with Crippen molar-refractivity contribution in [2.75, 3.05) is 18.4 Å². The van der Waals surface area contributed by atoms with E-state index in [-0.39, 0.29) is 12.2 Å². The Morgan fingerprint density at radius 3 is 2.81 bits per heavy atom. The summed E-state index contributed by atoms with van der Waals surface area (Å²) in [4.78, 5) is 24.7. The molecule has 1 aromatic carbocycles. The highest BCUT2D eigenvalue weighted by Gasteiger charge is 2.43. The summed E-state index contributed by atoms with van der Waals surface area (Å²) in [5.41, 5.74) is -1.35. The summed E-state index contributed by atoms with van der Waals surface area (Å²) in [6.45, 7) is 1.85. The lowest BCUT2D eigenvalue weighted by Gasteiger charge is -2.30. The highest BCUT2D eigenvalue weighted by molar-refractivity contribution is 5.93. The number of amides is 1. The first-order valence-electron chi connectivity index (χ1n) is 6.56. The molecule has 1 atom stereocenters. The van der Waals surface area contributed by atoms with Gasteiger partial charge in [0, 0.05) is 6.07 Å². The number of carboxylic acid groups (broad SMARTS) is 1. The Balaban J connectivity index is 2.05. The number of nitrogens with zero attached hydrogens (tertiary/aromatic N) is 1. The van der Waals surface area contributed by atoms with Crippen molar-refractivity contribution in [3.63, 3.8) is 0 Å². The van der Waals surface area contributed by atoms with Gasteiger partial charge in [0.25, 0.3) is 0 Å². The van der Waals surface area contributed by atoms with Crippen LogP contribution in [-0.4, -0.2) is 40.5 Å². The number of benzene rings is 1. The number of halogens is 2. The minimum Gasteiger partial charge on any atom is -0.480 e. The molecule has 2 rings (SSSR count). The second kappa shape index (κ2) is 5.77. The van der Waals surface area contributed by atoms with Crippen molar-refractivity contribution in [2.45, 2.75) is 25.3 Å². The van der Waals surface area contributed by atoms with E-state index in [0.717, 1.165) is 18.2 Å². The molecule has 7 heteroatoms. The third-order valence-corrected chi connectivity index (χ3v) is 3.79. The zero-order chi connectivity index (χ0) is 15.6. The number of carbonyl (C=O) groups is 2. The fourth-order valence-corrected chi connectivity index (χ4v) is 2.47. The average Bonchev–Trinajstić information content (AvgIpc) is 2.77. The maximum Gasteiger partial charge on any atom is 0.323 e. The molecule has 0 radical (unpaired) electrons. The number of aliphatic carboxylic acids is 1. The predicted octanol–water partition coefficient (Wildman–Crippen LogP) is 1.84. The summed E-state index contributed by atoms with van der Waals surface area (Å²) < 4.78 is 26.5. The van der Waals surface area contributed by atoms with Crippen LogP contribution < -0.4 is 5.32 Å². The van der Waals surface area contributed by atoms with Gasteiger partial charge in [-0.2, -0.15) is 0 Å². The molecular formula is C14H16F2N2O3. The fraction of sp³-hybridized carbons (Fsp3) is 0.429. The number of carboxylic acids is 1. The smallest absolute Gasteiger partial charge is 0.323 e. The summed E-state index contributed by atoms with van der Waals surface area (Å²) in [6.07, 6.45) is 1.12. The van der Waals surface area contributed by atoms with E-state index < -0.39 is 29.0 Å². The zero-order valence-electron chi connectivity index (χ0n) is 11.5. The molecule has 0 aliphatic carbocycles. The van der Waals surface area contributed by atoms with Gasteiger partial charge in [0.05, 0.1) is 12.2 Å². The second-order valence-electron chi connectivity index (χ2n) is 5.28. The standard InChI is InChI=1S/C14H16F2N2O3/c1-14(13(20)21)5-2-6-18(14)8-12(19)17-11-7-9(15)3-4-10(11)16/h3-4,7H,2,5-6,8H2,1H3,(H,17,19)(H,20,21). The lowest BCUT2D eigenvalue weighted by molar-refractivity contribution is -0.149. The Bertz CT molecular complexity index is 579. The van der Waals surface area contributed by atoms with E-state index in [2.05, 4.69) is 5.32 Å². The second-order valence-corrected chi connectivity index (χ2v) is 5.28. The van der Waals surface area contributed by atoms with Gasteiger partial charge in [-0.15, -0.1) is 0 Å². The van der Waals surface area contributed by atoms with Gasteiger partial charge < -0.3 is 10.4 Å². The Morgan fingerprint density at radius 1 is 1.43 bits per heavy atom. The maximum absolute atomic E-state index is 13.4. The predicted molar refractivity (Wildman–Crippen MR) is 71.8 cm³/mol. The molecule has 1 fully saturated rings. The molecule has 1 unspecified atom stereocenters. The molecule has 1 amide bonds. The summed E-state index contributed by atoms with van der Waals surface area (Å²) >= 11 is 0. The molecule has 1 aliphatic heterocycles. The Hall–Kier alpha value is -2.02. The minimum atomic E-state index is -1.10. The molecule has 1 heterocycles. The highest BCUT2D eigenvalue weighted by Crippen LogP contribution is 2.29. The first-order chi connectivity index (χ1) is 9.83. The van der Waals surface area contributed by atoms with Crippen molar-refractivity contribution in [3.8, 4) is 0 Å². The van der Waals surface area contributed by atoms with Gasteiger partial charge >= 0.3 is 5.97 Å². The third kappa shape index (κ3) is 3.18. The first kappa shape index (κ1) is 15.4. The Labute approximate surface area is 120 Å². The van der Waals surface area contributed by atoms with Crippen molar-refractivity contribution in [3.05, 3.63) is 29.8 Å². The third-order valence-electron chi connectivity index (χ3n) is 3.79. The first-order valence-corrected chi connectivity index (χ1v) is 6.56. The van der Waals surface area contributed by atoms with Crippen LogP contribution in [0.3, 0.4) is 0 Å². The minimum absolute atomic E-state index is 0.182. The number of hydrogen-bond acceptors (Lipinski definition) is 3. The van der Waals surface area contributed by atoms with E-state index in [0.29, 0.717) is 19.4 Å². The van der Waals surface area contributed by atoms with Crippen LogP contribution in [0.5, 0.6) is 0 Å². The van der Waals surface area contributed by atoms with Gasteiger partial charge in [-0.05, 0) is 38.4 Å². The van der Waals surface area contributed by atoms with Gasteiger partial charge in [0.2, 0.25) is 5.91 Å². The van der Waals surface area contributed by atoms with E-state index in [9.17, 15) is 23.5 Å². The zero-order valence-corrected chi connectivity index (χ0v) is 11.5. The van der Waals surface area contributed by atoms with Crippen LogP contribution in [-0.2, 0) is 9.59 Å². The number of likely N-dealkylation sites (tertiary alicyclic amines) is 1. The number of anilines is 1. The average molecular weight is 298 g/mol. The van der Waals surface area contributed by atoms with Crippen LogP contribution in [0.2, 0.25) is 0 Å². The lowest BCUT2D eigenvalue weighted by atomic mass is 9.99. The number of carbonyl (C=O) groups excluding carboxylic acids is 1. The summed E-state index contributed by atoms with van der Waals surface area (Å²) in [5.74, 6) is -2.98. The topological polar surface area (TPSA) is 69.6 Å². The molecular weight excluding hydrogens is 282 g/mol.